The van der Waals surface area contributed by atoms with Gasteiger partial charge in [-0.15, -0.1) is 11.3 Å². The molecule has 0 saturated heterocycles. The zero-order chi connectivity index (χ0) is 15.3. The van der Waals surface area contributed by atoms with Gasteiger partial charge in [0.1, 0.15) is 0 Å². The molecule has 21 heavy (non-hydrogen) atoms. The van der Waals surface area contributed by atoms with Gasteiger partial charge >= 0.3 is 6.18 Å². The van der Waals surface area contributed by atoms with Crippen LogP contribution in [0, 0.1) is 0 Å². The lowest BCUT2D eigenvalue weighted by atomic mass is 10.0. The van der Waals surface area contributed by atoms with Crippen LogP contribution in [0.4, 0.5) is 13.2 Å². The number of hydrogen-bond donors (Lipinski definition) is 1. The van der Waals surface area contributed by atoms with Gasteiger partial charge in [-0.3, -0.25) is 0 Å². The molecule has 1 heterocycles. The third-order valence-electron chi connectivity index (χ3n) is 3.25. The van der Waals surface area contributed by atoms with Gasteiger partial charge in [0.05, 0.1) is 5.56 Å². The Morgan fingerprint density at radius 1 is 1.14 bits per heavy atom. The molecule has 5 heteroatoms. The summed E-state index contributed by atoms with van der Waals surface area (Å²) in [5, 5.41) is 5.47. The highest BCUT2D eigenvalue weighted by molar-refractivity contribution is 7.10. The van der Waals surface area contributed by atoms with Gasteiger partial charge in [0.25, 0.3) is 0 Å². The highest BCUT2D eigenvalue weighted by Gasteiger charge is 2.30. The maximum absolute atomic E-state index is 12.6. The molecule has 0 bridgehead atoms. The average Bonchev–Trinajstić information content (AvgIpc) is 2.97. The summed E-state index contributed by atoms with van der Waals surface area (Å²) in [5.41, 5.74) is 0.311. The summed E-state index contributed by atoms with van der Waals surface area (Å²) in [6.45, 7) is 2.99. The van der Waals surface area contributed by atoms with E-state index in [-0.39, 0.29) is 6.04 Å². The molecule has 1 atom stereocenters. The van der Waals surface area contributed by atoms with E-state index in [2.05, 4.69) is 18.3 Å². The van der Waals surface area contributed by atoms with Crippen LogP contribution in [0.1, 0.15) is 35.4 Å². The minimum absolute atomic E-state index is 0.154. The number of alkyl halides is 3. The SMILES string of the molecule is CCCNC(Cc1ccc(C(F)(F)F)cc1)c1cccs1. The number of hydrogen-bond acceptors (Lipinski definition) is 2. The van der Waals surface area contributed by atoms with Crippen molar-refractivity contribution in [1.82, 2.24) is 5.32 Å². The van der Waals surface area contributed by atoms with Crippen molar-refractivity contribution in [3.8, 4) is 0 Å². The molecule has 1 N–H and O–H groups in total. The summed E-state index contributed by atoms with van der Waals surface area (Å²) in [5.74, 6) is 0. The fraction of sp³-hybridized carbons (Fsp3) is 0.375. The minimum Gasteiger partial charge on any atom is -0.309 e. The normalized spacial score (nSPS) is 13.3. The predicted octanol–water partition coefficient (Wildman–Crippen LogP) is 5.05. The predicted molar refractivity (Wildman–Crippen MR) is 80.5 cm³/mol. The molecule has 1 unspecified atom stereocenters. The molecular formula is C16H18F3NS. The Balaban J connectivity index is 2.09. The minimum atomic E-state index is -4.27. The van der Waals surface area contributed by atoms with E-state index in [9.17, 15) is 13.2 Å². The Morgan fingerprint density at radius 2 is 1.86 bits per heavy atom. The topological polar surface area (TPSA) is 12.0 Å². The van der Waals surface area contributed by atoms with E-state index in [1.54, 1.807) is 23.5 Å². The van der Waals surface area contributed by atoms with Crippen molar-refractivity contribution in [1.29, 1.82) is 0 Å². The largest absolute Gasteiger partial charge is 0.416 e. The zero-order valence-corrected chi connectivity index (χ0v) is 12.6. The molecule has 0 radical (unpaired) electrons. The fourth-order valence-electron chi connectivity index (χ4n) is 2.15. The summed E-state index contributed by atoms with van der Waals surface area (Å²) in [4.78, 5) is 1.21. The van der Waals surface area contributed by atoms with E-state index in [0.717, 1.165) is 30.7 Å². The summed E-state index contributed by atoms with van der Waals surface area (Å²) in [6.07, 6.45) is -2.56. The van der Waals surface area contributed by atoms with Gasteiger partial charge in [-0.2, -0.15) is 13.2 Å². The highest BCUT2D eigenvalue weighted by atomic mass is 32.1. The van der Waals surface area contributed by atoms with Crippen molar-refractivity contribution >= 4 is 11.3 Å². The third kappa shape index (κ3) is 4.58. The van der Waals surface area contributed by atoms with E-state index in [1.165, 1.54) is 4.88 Å². The molecular weight excluding hydrogens is 295 g/mol. The Kier molecular flexibility index (Phi) is 5.42. The van der Waals surface area contributed by atoms with Crippen molar-refractivity contribution < 1.29 is 13.2 Å². The fourth-order valence-corrected chi connectivity index (χ4v) is 2.95. The Labute approximate surface area is 126 Å². The van der Waals surface area contributed by atoms with Crippen LogP contribution in [0.15, 0.2) is 41.8 Å². The Bertz CT molecular complexity index is 532. The quantitative estimate of drug-likeness (QED) is 0.787. The van der Waals surface area contributed by atoms with E-state index < -0.39 is 11.7 Å². The first kappa shape index (κ1) is 16.0. The molecule has 0 aliphatic heterocycles. The van der Waals surface area contributed by atoms with Crippen LogP contribution in [0.2, 0.25) is 0 Å². The lowest BCUT2D eigenvalue weighted by Gasteiger charge is -2.17. The number of rotatable bonds is 6. The number of nitrogens with one attached hydrogen (secondary N) is 1. The molecule has 0 aliphatic rings. The first-order valence-corrected chi connectivity index (χ1v) is 7.81. The van der Waals surface area contributed by atoms with Gasteiger partial charge in [0.2, 0.25) is 0 Å². The van der Waals surface area contributed by atoms with Gasteiger partial charge in [-0.1, -0.05) is 25.1 Å². The average molecular weight is 313 g/mol. The second-order valence-electron chi connectivity index (χ2n) is 4.92. The maximum Gasteiger partial charge on any atom is 0.416 e. The number of thiophene rings is 1. The molecule has 0 saturated carbocycles. The molecule has 114 valence electrons. The number of benzene rings is 1. The van der Waals surface area contributed by atoms with Gasteiger partial charge < -0.3 is 5.32 Å². The van der Waals surface area contributed by atoms with Crippen molar-refractivity contribution in [2.75, 3.05) is 6.54 Å². The van der Waals surface area contributed by atoms with Crippen molar-refractivity contribution in [3.05, 3.63) is 57.8 Å². The smallest absolute Gasteiger partial charge is 0.309 e. The van der Waals surface area contributed by atoms with E-state index in [4.69, 9.17) is 0 Å². The van der Waals surface area contributed by atoms with Crippen LogP contribution in [0.25, 0.3) is 0 Å². The standard InChI is InChI=1S/C16H18F3NS/c1-2-9-20-14(15-4-3-10-21-15)11-12-5-7-13(8-6-12)16(17,18)19/h3-8,10,14,20H,2,9,11H2,1H3. The summed E-state index contributed by atoms with van der Waals surface area (Å²) >= 11 is 1.67. The molecule has 2 aromatic rings. The first-order chi connectivity index (χ1) is 10.0. The van der Waals surface area contributed by atoms with Crippen molar-refractivity contribution in [2.45, 2.75) is 32.0 Å². The maximum atomic E-state index is 12.6. The van der Waals surface area contributed by atoms with Gasteiger partial charge in [0.15, 0.2) is 0 Å². The zero-order valence-electron chi connectivity index (χ0n) is 11.8. The summed E-state index contributed by atoms with van der Waals surface area (Å²) in [7, 11) is 0. The van der Waals surface area contributed by atoms with Gasteiger partial charge in [0, 0.05) is 10.9 Å². The van der Waals surface area contributed by atoms with Crippen LogP contribution in [0.5, 0.6) is 0 Å². The molecule has 0 fully saturated rings. The third-order valence-corrected chi connectivity index (χ3v) is 4.23. The van der Waals surface area contributed by atoms with E-state index in [1.807, 2.05) is 11.4 Å². The van der Waals surface area contributed by atoms with Crippen molar-refractivity contribution in [3.63, 3.8) is 0 Å². The van der Waals surface area contributed by atoms with Crippen LogP contribution in [0.3, 0.4) is 0 Å². The van der Waals surface area contributed by atoms with Crippen LogP contribution in [-0.4, -0.2) is 6.54 Å². The molecule has 0 amide bonds. The Hall–Kier alpha value is -1.33. The summed E-state index contributed by atoms with van der Waals surface area (Å²) < 4.78 is 37.7. The second kappa shape index (κ2) is 7.09. The first-order valence-electron chi connectivity index (χ1n) is 6.93. The van der Waals surface area contributed by atoms with Crippen LogP contribution >= 0.6 is 11.3 Å². The molecule has 1 aromatic heterocycles. The monoisotopic (exact) mass is 313 g/mol. The lowest BCUT2D eigenvalue weighted by Crippen LogP contribution is -2.23. The Morgan fingerprint density at radius 3 is 2.38 bits per heavy atom. The van der Waals surface area contributed by atoms with Crippen molar-refractivity contribution in [2.24, 2.45) is 0 Å². The lowest BCUT2D eigenvalue weighted by molar-refractivity contribution is -0.137. The molecule has 0 spiro atoms. The van der Waals surface area contributed by atoms with Crippen LogP contribution in [-0.2, 0) is 12.6 Å². The van der Waals surface area contributed by atoms with Gasteiger partial charge in [-0.25, -0.2) is 0 Å². The number of halogens is 3. The second-order valence-corrected chi connectivity index (χ2v) is 5.90. The van der Waals surface area contributed by atoms with E-state index in [0.29, 0.717) is 6.42 Å². The summed E-state index contributed by atoms with van der Waals surface area (Å²) in [6, 6.07) is 9.65. The molecule has 1 nitrogen and oxygen atoms in total. The van der Waals surface area contributed by atoms with Crippen LogP contribution < -0.4 is 5.32 Å². The molecule has 2 rings (SSSR count). The van der Waals surface area contributed by atoms with Gasteiger partial charge in [-0.05, 0) is 48.5 Å². The molecule has 1 aromatic carbocycles. The molecule has 0 aliphatic carbocycles. The highest BCUT2D eigenvalue weighted by Crippen LogP contribution is 2.30. The van der Waals surface area contributed by atoms with E-state index >= 15 is 0 Å².